The Kier molecular flexibility index (Phi) is 10.2. The van der Waals surface area contributed by atoms with E-state index in [1.54, 1.807) is 69.3 Å². The Balaban J connectivity index is 1.25. The number of hydrogen-bond donors (Lipinski definition) is 3. The van der Waals surface area contributed by atoms with Crippen molar-refractivity contribution in [2.75, 3.05) is 26.7 Å². The maximum atomic E-state index is 14.6. The zero-order chi connectivity index (χ0) is 37.9. The van der Waals surface area contributed by atoms with Gasteiger partial charge in [-0.15, -0.1) is 6.58 Å². The molecule has 5 aromatic rings. The number of hydrazine groups is 1. The van der Waals surface area contributed by atoms with Gasteiger partial charge in [-0.25, -0.2) is 14.8 Å². The third-order valence-electron chi connectivity index (χ3n) is 10.2. The number of nitrogens with one attached hydrogen (secondary N) is 2. The number of nitrogens with zero attached hydrogens (tertiary/aromatic N) is 5. The fraction of sp³-hybridized carbons (Fsp3) is 0.238. The first-order chi connectivity index (χ1) is 26.2. The molecular formula is C42H43N7O5. The van der Waals surface area contributed by atoms with Gasteiger partial charge in [-0.1, -0.05) is 78.9 Å². The fourth-order valence-electron chi connectivity index (χ4n) is 7.62. The average molecular weight is 726 g/mol. The van der Waals surface area contributed by atoms with E-state index in [1.165, 1.54) is 0 Å². The highest BCUT2D eigenvalue weighted by Gasteiger charge is 2.51. The minimum atomic E-state index is -0.905. The molecule has 4 aromatic carbocycles. The Labute approximate surface area is 313 Å². The normalized spacial score (nSPS) is 17.4. The molecule has 2 fully saturated rings. The van der Waals surface area contributed by atoms with Crippen molar-refractivity contribution in [3.63, 3.8) is 0 Å². The van der Waals surface area contributed by atoms with Crippen molar-refractivity contribution in [2.45, 2.75) is 31.7 Å². The van der Waals surface area contributed by atoms with Crippen LogP contribution in [0.25, 0.3) is 22.0 Å². The number of hydrogen-bond acceptors (Lipinski definition) is 6. The van der Waals surface area contributed by atoms with Gasteiger partial charge in [0.05, 0.1) is 18.6 Å². The van der Waals surface area contributed by atoms with Crippen molar-refractivity contribution < 1.29 is 24.3 Å². The van der Waals surface area contributed by atoms with E-state index in [-0.39, 0.29) is 62.6 Å². The highest BCUT2D eigenvalue weighted by Crippen LogP contribution is 2.35. The molecule has 12 nitrogen and oxygen atoms in total. The number of para-hydroxylation sites is 1. The van der Waals surface area contributed by atoms with E-state index in [2.05, 4.69) is 17.2 Å². The second-order valence-electron chi connectivity index (χ2n) is 13.6. The van der Waals surface area contributed by atoms with Gasteiger partial charge in [0.1, 0.15) is 18.0 Å². The number of rotatable bonds is 10. The summed E-state index contributed by atoms with van der Waals surface area (Å²) < 4.78 is 2.04. The molecule has 2 atom stereocenters. The lowest BCUT2D eigenvalue weighted by Crippen LogP contribution is -2.76. The molecule has 2 aliphatic heterocycles. The van der Waals surface area contributed by atoms with Crippen LogP contribution in [0.2, 0.25) is 0 Å². The highest BCUT2D eigenvalue weighted by atomic mass is 16.3. The van der Waals surface area contributed by atoms with Crippen LogP contribution in [0.3, 0.4) is 0 Å². The van der Waals surface area contributed by atoms with Gasteiger partial charge in [0.2, 0.25) is 11.8 Å². The van der Waals surface area contributed by atoms with Crippen molar-refractivity contribution in [3.05, 3.63) is 138 Å². The van der Waals surface area contributed by atoms with Crippen molar-refractivity contribution in [1.29, 1.82) is 0 Å². The molecule has 1 aromatic heterocycles. The van der Waals surface area contributed by atoms with Crippen LogP contribution in [0.5, 0.6) is 5.75 Å². The van der Waals surface area contributed by atoms with E-state index in [0.29, 0.717) is 5.56 Å². The number of phenols is 1. The summed E-state index contributed by atoms with van der Waals surface area (Å²) in [6.07, 6.45) is 3.09. The van der Waals surface area contributed by atoms with Crippen LogP contribution in [-0.2, 0) is 36.1 Å². The van der Waals surface area contributed by atoms with Crippen LogP contribution in [0.1, 0.15) is 27.0 Å². The molecule has 7 rings (SSSR count). The Morgan fingerprint density at radius 1 is 0.926 bits per heavy atom. The number of phenolic OH excluding ortho intramolecular Hbond substituents is 1. The number of aryl methyl sites for hydroxylation is 1. The number of piperazine rings is 1. The molecule has 0 radical (unpaired) electrons. The minimum absolute atomic E-state index is 0.0810. The maximum Gasteiger partial charge on any atom is 0.334 e. The maximum absolute atomic E-state index is 14.6. The molecule has 0 bridgehead atoms. The summed E-state index contributed by atoms with van der Waals surface area (Å²) in [7, 11) is 3.57. The summed E-state index contributed by atoms with van der Waals surface area (Å²) in [5, 5.41) is 19.9. The number of aromatic nitrogens is 1. The van der Waals surface area contributed by atoms with Gasteiger partial charge in [-0.3, -0.25) is 14.4 Å². The Morgan fingerprint density at radius 3 is 2.37 bits per heavy atom. The summed E-state index contributed by atoms with van der Waals surface area (Å²) in [5.41, 5.74) is 6.04. The molecule has 3 heterocycles. The van der Waals surface area contributed by atoms with Gasteiger partial charge in [-0.05, 0) is 46.5 Å². The van der Waals surface area contributed by atoms with Crippen molar-refractivity contribution >= 4 is 34.7 Å². The summed E-state index contributed by atoms with van der Waals surface area (Å²) in [6, 6.07) is 28.3. The van der Waals surface area contributed by atoms with Crippen molar-refractivity contribution in [3.8, 4) is 16.9 Å². The van der Waals surface area contributed by atoms with Crippen LogP contribution in [0.15, 0.2) is 116 Å². The molecule has 276 valence electrons. The molecule has 3 N–H and O–H groups in total. The third-order valence-corrected chi connectivity index (χ3v) is 10.2. The van der Waals surface area contributed by atoms with Gasteiger partial charge < -0.3 is 30.1 Å². The molecule has 5 amide bonds. The summed E-state index contributed by atoms with van der Waals surface area (Å²) >= 11 is 0. The number of benzene rings is 4. The molecule has 2 saturated heterocycles. The molecular weight excluding hydrogens is 683 g/mol. The van der Waals surface area contributed by atoms with Crippen molar-refractivity contribution in [1.82, 2.24) is 35.0 Å². The largest absolute Gasteiger partial charge is 0.508 e. The quantitative estimate of drug-likeness (QED) is 0.180. The Hall–Kier alpha value is -6.40. The lowest BCUT2D eigenvalue weighted by atomic mass is 9.97. The predicted octanol–water partition coefficient (Wildman–Crippen LogP) is 4.65. The van der Waals surface area contributed by atoms with Crippen LogP contribution in [0.4, 0.5) is 4.79 Å². The number of aromatic hydroxyl groups is 1. The third kappa shape index (κ3) is 7.03. The van der Waals surface area contributed by atoms with Crippen LogP contribution < -0.4 is 10.6 Å². The highest BCUT2D eigenvalue weighted by molar-refractivity contribution is 5.99. The van der Waals surface area contributed by atoms with E-state index in [0.717, 1.165) is 38.7 Å². The molecule has 2 aliphatic rings. The lowest BCUT2D eigenvalue weighted by molar-refractivity contribution is -0.189. The monoisotopic (exact) mass is 725 g/mol. The standard InChI is InChI=1S/C42H43N7O5/c1-4-21-47-27-38(51)48-36(22-28-13-19-33(50)20-14-28)41(53)46(26-37(48)49(47)42(54)44-23-29-9-6-5-7-10-29)24-32-11-8-12-34-35(25-45(3)39(32)34)30-15-17-31(18-16-30)40(52)43-2/h4-20,25,36-37,50H,1,21-24,26-27H2,2-3H3,(H,43,52)(H,44,54)/t36-,37-/m0/s1. The predicted molar refractivity (Wildman–Crippen MR) is 206 cm³/mol. The number of amides is 5. The number of carbonyl (C=O) groups is 4. The molecule has 54 heavy (non-hydrogen) atoms. The second-order valence-corrected chi connectivity index (χ2v) is 13.6. The number of fused-ring (bicyclic) bond motifs is 2. The summed E-state index contributed by atoms with van der Waals surface area (Å²) in [5.74, 6) is -0.552. The average Bonchev–Trinajstić information content (AvgIpc) is 3.53. The van der Waals surface area contributed by atoms with Gasteiger partial charge in [0.25, 0.3) is 5.91 Å². The van der Waals surface area contributed by atoms with E-state index in [1.807, 2.05) is 78.5 Å². The molecule has 12 heteroatoms. The van der Waals surface area contributed by atoms with Crippen LogP contribution >= 0.6 is 0 Å². The van der Waals surface area contributed by atoms with Gasteiger partial charge in [0.15, 0.2) is 0 Å². The number of carbonyl (C=O) groups excluding carboxylic acids is 4. The van der Waals surface area contributed by atoms with Gasteiger partial charge in [0, 0.05) is 62.9 Å². The first-order valence-corrected chi connectivity index (χ1v) is 17.9. The van der Waals surface area contributed by atoms with Crippen molar-refractivity contribution in [2.24, 2.45) is 7.05 Å². The second kappa shape index (κ2) is 15.3. The first-order valence-electron chi connectivity index (χ1n) is 17.9. The zero-order valence-corrected chi connectivity index (χ0v) is 30.3. The zero-order valence-electron chi connectivity index (χ0n) is 30.3. The fourth-order valence-corrected chi connectivity index (χ4v) is 7.62. The summed E-state index contributed by atoms with van der Waals surface area (Å²) in [6.45, 7) is 4.62. The van der Waals surface area contributed by atoms with E-state index < -0.39 is 18.2 Å². The topological polar surface area (TPSA) is 130 Å². The van der Waals surface area contributed by atoms with E-state index in [4.69, 9.17) is 0 Å². The molecule has 0 unspecified atom stereocenters. The van der Waals surface area contributed by atoms with Crippen LogP contribution in [0, 0.1) is 0 Å². The Morgan fingerprint density at radius 2 is 1.67 bits per heavy atom. The van der Waals surface area contributed by atoms with E-state index in [9.17, 15) is 24.3 Å². The molecule has 0 saturated carbocycles. The number of urea groups is 1. The van der Waals surface area contributed by atoms with Gasteiger partial charge >= 0.3 is 6.03 Å². The first kappa shape index (κ1) is 36.0. The Bertz CT molecular complexity index is 2200. The van der Waals surface area contributed by atoms with Gasteiger partial charge in [-0.2, -0.15) is 0 Å². The smallest absolute Gasteiger partial charge is 0.334 e. The molecule has 0 aliphatic carbocycles. The SMILES string of the molecule is C=CCN1CC(=O)N2[C@@H](Cc3ccc(O)cc3)C(=O)N(Cc3cccc4c(-c5ccc(C(=O)NC)cc5)cn(C)c34)C[C@@H]2N1C(=O)NCc1ccccc1. The minimum Gasteiger partial charge on any atom is -0.508 e. The summed E-state index contributed by atoms with van der Waals surface area (Å²) in [4.78, 5) is 58.3. The molecule has 0 spiro atoms. The van der Waals surface area contributed by atoms with E-state index >= 15 is 0 Å². The van der Waals surface area contributed by atoms with Crippen LogP contribution in [-0.4, -0.2) is 92.1 Å². The lowest BCUT2D eigenvalue weighted by Gasteiger charge is -2.55.